The summed E-state index contributed by atoms with van der Waals surface area (Å²) < 4.78 is 14.9. The summed E-state index contributed by atoms with van der Waals surface area (Å²) in [7, 11) is 0. The molecule has 0 saturated carbocycles. The van der Waals surface area contributed by atoms with Crippen LogP contribution < -0.4 is 0 Å². The average molecular weight is 356 g/mol. The van der Waals surface area contributed by atoms with Gasteiger partial charge in [-0.1, -0.05) is 6.07 Å². The zero-order valence-corrected chi connectivity index (χ0v) is 14.4. The minimum absolute atomic E-state index is 0.140. The van der Waals surface area contributed by atoms with Crippen molar-refractivity contribution in [3.63, 3.8) is 0 Å². The van der Waals surface area contributed by atoms with Crippen molar-refractivity contribution in [1.82, 2.24) is 19.7 Å². The van der Waals surface area contributed by atoms with E-state index in [0.717, 1.165) is 37.2 Å². The zero-order chi connectivity index (χ0) is 17.2. The second kappa shape index (κ2) is 6.76. The first-order valence-electron chi connectivity index (χ1n) is 8.28. The molecule has 5 nitrogen and oxygen atoms in total. The molecule has 2 aromatic heterocycles. The molecule has 25 heavy (non-hydrogen) atoms. The van der Waals surface area contributed by atoms with Crippen molar-refractivity contribution in [3.8, 4) is 16.4 Å². The van der Waals surface area contributed by atoms with Crippen LogP contribution in [0, 0.1) is 5.82 Å². The van der Waals surface area contributed by atoms with Crippen molar-refractivity contribution in [2.75, 3.05) is 13.1 Å². The SMILES string of the molecule is O=C(c1nc(-c2cccs2)n(-c2ccc(F)cc2)n1)N1CCCCC1. The molecular formula is C18H17FN4OS. The van der Waals surface area contributed by atoms with Crippen LogP contribution in [0.2, 0.25) is 0 Å². The summed E-state index contributed by atoms with van der Waals surface area (Å²) in [5.41, 5.74) is 0.676. The Hall–Kier alpha value is -2.54. The first-order chi connectivity index (χ1) is 12.2. The van der Waals surface area contributed by atoms with Crippen LogP contribution in [0.4, 0.5) is 4.39 Å². The molecule has 128 valence electrons. The van der Waals surface area contributed by atoms with Crippen LogP contribution in [0.5, 0.6) is 0 Å². The number of hydrogen-bond acceptors (Lipinski definition) is 4. The molecule has 1 aliphatic rings. The largest absolute Gasteiger partial charge is 0.336 e. The van der Waals surface area contributed by atoms with Gasteiger partial charge in [-0.15, -0.1) is 16.4 Å². The van der Waals surface area contributed by atoms with E-state index >= 15 is 0 Å². The van der Waals surface area contributed by atoms with E-state index < -0.39 is 0 Å². The minimum Gasteiger partial charge on any atom is -0.336 e. The van der Waals surface area contributed by atoms with Gasteiger partial charge in [-0.3, -0.25) is 4.79 Å². The van der Waals surface area contributed by atoms with Crippen molar-refractivity contribution >= 4 is 17.2 Å². The molecule has 3 aromatic rings. The summed E-state index contributed by atoms with van der Waals surface area (Å²) >= 11 is 1.53. The molecule has 1 aliphatic heterocycles. The standard InChI is InChI=1S/C18H17FN4OS/c19-13-6-8-14(9-7-13)23-17(15-5-4-12-25-15)20-16(21-23)18(24)22-10-2-1-3-11-22/h4-9,12H,1-3,10-11H2. The van der Waals surface area contributed by atoms with Gasteiger partial charge in [0.2, 0.25) is 5.82 Å². The van der Waals surface area contributed by atoms with E-state index in [-0.39, 0.29) is 17.5 Å². The summed E-state index contributed by atoms with van der Waals surface area (Å²) in [4.78, 5) is 20.0. The molecule has 0 N–H and O–H groups in total. The van der Waals surface area contributed by atoms with Crippen molar-refractivity contribution in [2.45, 2.75) is 19.3 Å². The molecule has 0 spiro atoms. The van der Waals surface area contributed by atoms with Gasteiger partial charge in [0.25, 0.3) is 5.91 Å². The maximum Gasteiger partial charge on any atom is 0.293 e. The number of aromatic nitrogens is 3. The lowest BCUT2D eigenvalue weighted by Gasteiger charge is -2.25. The van der Waals surface area contributed by atoms with Gasteiger partial charge in [0.05, 0.1) is 10.6 Å². The molecule has 0 unspecified atom stereocenters. The average Bonchev–Trinajstić information content (AvgIpc) is 3.32. The van der Waals surface area contributed by atoms with E-state index in [4.69, 9.17) is 0 Å². The molecule has 3 heterocycles. The van der Waals surface area contributed by atoms with E-state index in [9.17, 15) is 9.18 Å². The van der Waals surface area contributed by atoms with Gasteiger partial charge in [0.1, 0.15) is 5.82 Å². The van der Waals surface area contributed by atoms with E-state index in [1.165, 1.54) is 23.5 Å². The van der Waals surface area contributed by atoms with E-state index in [0.29, 0.717) is 11.5 Å². The third-order valence-corrected chi connectivity index (χ3v) is 5.12. The van der Waals surface area contributed by atoms with Crippen molar-refractivity contribution < 1.29 is 9.18 Å². The molecule has 0 bridgehead atoms. The Morgan fingerprint density at radius 3 is 2.52 bits per heavy atom. The Morgan fingerprint density at radius 2 is 1.84 bits per heavy atom. The lowest BCUT2D eigenvalue weighted by Crippen LogP contribution is -2.36. The number of amides is 1. The van der Waals surface area contributed by atoms with Crippen LogP contribution in [-0.4, -0.2) is 38.7 Å². The van der Waals surface area contributed by atoms with Crippen LogP contribution in [0.25, 0.3) is 16.4 Å². The van der Waals surface area contributed by atoms with Crippen molar-refractivity contribution in [2.24, 2.45) is 0 Å². The fourth-order valence-electron chi connectivity index (χ4n) is 2.97. The molecule has 0 radical (unpaired) electrons. The number of rotatable bonds is 3. The van der Waals surface area contributed by atoms with Crippen molar-refractivity contribution in [1.29, 1.82) is 0 Å². The second-order valence-electron chi connectivity index (χ2n) is 5.98. The van der Waals surface area contributed by atoms with Gasteiger partial charge in [-0.25, -0.2) is 14.1 Å². The Bertz CT molecular complexity index is 867. The number of nitrogens with zero attached hydrogens (tertiary/aromatic N) is 4. The lowest BCUT2D eigenvalue weighted by molar-refractivity contribution is 0.0712. The normalized spacial score (nSPS) is 14.7. The smallest absolute Gasteiger partial charge is 0.293 e. The van der Waals surface area contributed by atoms with E-state index in [1.54, 1.807) is 16.8 Å². The van der Waals surface area contributed by atoms with E-state index in [2.05, 4.69) is 10.1 Å². The summed E-state index contributed by atoms with van der Waals surface area (Å²) in [6.07, 6.45) is 3.19. The Morgan fingerprint density at radius 1 is 1.08 bits per heavy atom. The number of carbonyl (C=O) groups is 1. The fraction of sp³-hybridized carbons (Fsp3) is 0.278. The van der Waals surface area contributed by atoms with Gasteiger partial charge in [-0.2, -0.15) is 0 Å². The predicted molar refractivity (Wildman–Crippen MR) is 94.4 cm³/mol. The first kappa shape index (κ1) is 16.0. The van der Waals surface area contributed by atoms with Crippen LogP contribution in [0.15, 0.2) is 41.8 Å². The molecule has 1 fully saturated rings. The number of halogens is 1. The summed E-state index contributed by atoms with van der Waals surface area (Å²) in [5.74, 6) is 0.334. The topological polar surface area (TPSA) is 51.0 Å². The highest BCUT2D eigenvalue weighted by Crippen LogP contribution is 2.26. The summed E-state index contributed by atoms with van der Waals surface area (Å²) in [6.45, 7) is 1.50. The molecular weight excluding hydrogens is 339 g/mol. The molecule has 4 rings (SSSR count). The molecule has 1 aromatic carbocycles. The van der Waals surface area contributed by atoms with Gasteiger partial charge in [0, 0.05) is 13.1 Å². The lowest BCUT2D eigenvalue weighted by atomic mass is 10.1. The maximum absolute atomic E-state index is 13.2. The summed E-state index contributed by atoms with van der Waals surface area (Å²) in [5, 5.41) is 6.39. The fourth-order valence-corrected chi connectivity index (χ4v) is 3.67. The van der Waals surface area contributed by atoms with Crippen LogP contribution in [0.1, 0.15) is 29.9 Å². The highest BCUT2D eigenvalue weighted by Gasteiger charge is 2.24. The Kier molecular flexibility index (Phi) is 4.31. The van der Waals surface area contributed by atoms with Crippen molar-refractivity contribution in [3.05, 3.63) is 53.4 Å². The molecule has 1 saturated heterocycles. The third kappa shape index (κ3) is 3.19. The van der Waals surface area contributed by atoms with Gasteiger partial charge >= 0.3 is 0 Å². The van der Waals surface area contributed by atoms with Gasteiger partial charge < -0.3 is 4.90 Å². The molecule has 0 aliphatic carbocycles. The van der Waals surface area contributed by atoms with Gasteiger partial charge in [-0.05, 0) is 55.0 Å². The molecule has 0 atom stereocenters. The number of piperidine rings is 1. The maximum atomic E-state index is 13.2. The van der Waals surface area contributed by atoms with Crippen LogP contribution >= 0.6 is 11.3 Å². The predicted octanol–water partition coefficient (Wildman–Crippen LogP) is 3.76. The highest BCUT2D eigenvalue weighted by molar-refractivity contribution is 7.13. The van der Waals surface area contributed by atoms with Gasteiger partial charge in [0.15, 0.2) is 5.82 Å². The zero-order valence-electron chi connectivity index (χ0n) is 13.6. The molecule has 1 amide bonds. The van der Waals surface area contributed by atoms with Crippen LogP contribution in [-0.2, 0) is 0 Å². The summed E-state index contributed by atoms with van der Waals surface area (Å²) in [6, 6.07) is 9.88. The number of carbonyl (C=O) groups excluding carboxylic acids is 1. The third-order valence-electron chi connectivity index (χ3n) is 4.25. The minimum atomic E-state index is -0.314. The Balaban J connectivity index is 1.75. The number of likely N-dealkylation sites (tertiary alicyclic amines) is 1. The second-order valence-corrected chi connectivity index (χ2v) is 6.93. The van der Waals surface area contributed by atoms with Crippen LogP contribution in [0.3, 0.4) is 0 Å². The first-order valence-corrected chi connectivity index (χ1v) is 9.16. The Labute approximate surface area is 148 Å². The number of thiophene rings is 1. The monoisotopic (exact) mass is 356 g/mol. The molecule has 7 heteroatoms. The number of benzene rings is 1. The quantitative estimate of drug-likeness (QED) is 0.718. The highest BCUT2D eigenvalue weighted by atomic mass is 32.1. The van der Waals surface area contributed by atoms with E-state index in [1.807, 2.05) is 22.4 Å². The number of hydrogen-bond donors (Lipinski definition) is 0.